The first kappa shape index (κ1) is 23.2. The molecule has 1 aliphatic heterocycles. The first-order chi connectivity index (χ1) is 17.9. The zero-order chi connectivity index (χ0) is 25.7. The van der Waals surface area contributed by atoms with Crippen LogP contribution in [0.15, 0.2) is 54.9 Å². The molecule has 186 valence electrons. The third-order valence-electron chi connectivity index (χ3n) is 7.67. The van der Waals surface area contributed by atoms with Crippen LogP contribution in [0.5, 0.6) is 0 Å². The minimum absolute atomic E-state index is 0.586. The molecule has 0 unspecified atom stereocenters. The Labute approximate surface area is 216 Å². The van der Waals surface area contributed by atoms with Crippen LogP contribution in [0.1, 0.15) is 18.7 Å². The second-order valence-corrected chi connectivity index (χ2v) is 10.0. The van der Waals surface area contributed by atoms with E-state index in [1.54, 1.807) is 0 Å². The van der Waals surface area contributed by atoms with Gasteiger partial charge in [0.25, 0.3) is 0 Å². The summed E-state index contributed by atoms with van der Waals surface area (Å²) in [5, 5.41) is 0. The Bertz CT molecular complexity index is 1640. The van der Waals surface area contributed by atoms with E-state index in [0.717, 1.165) is 76.8 Å². The first-order valence-corrected chi connectivity index (χ1v) is 12.6. The highest BCUT2D eigenvalue weighted by Gasteiger charge is 2.26. The van der Waals surface area contributed by atoms with Crippen molar-refractivity contribution in [2.75, 3.05) is 32.1 Å². The van der Waals surface area contributed by atoms with Gasteiger partial charge >= 0.3 is 0 Å². The summed E-state index contributed by atoms with van der Waals surface area (Å²) < 4.78 is 4.23. The number of fused-ring (bicyclic) bond motifs is 2. The molecule has 0 atom stereocenters. The summed E-state index contributed by atoms with van der Waals surface area (Å²) in [6.07, 6.45) is 6.05. The van der Waals surface area contributed by atoms with Crippen LogP contribution in [0.25, 0.3) is 43.9 Å². The van der Waals surface area contributed by atoms with Crippen LogP contribution in [-0.4, -0.2) is 62.0 Å². The van der Waals surface area contributed by atoms with Crippen LogP contribution in [0, 0.1) is 13.5 Å². The molecule has 0 amide bonds. The van der Waals surface area contributed by atoms with Crippen molar-refractivity contribution in [2.24, 2.45) is 7.05 Å². The molecule has 0 spiro atoms. The molecule has 5 aromatic rings. The number of hydrogen-bond donors (Lipinski definition) is 0. The molecular formula is C29H30N8. The van der Waals surface area contributed by atoms with E-state index in [4.69, 9.17) is 21.5 Å². The highest BCUT2D eigenvalue weighted by atomic mass is 15.3. The van der Waals surface area contributed by atoms with E-state index in [1.807, 2.05) is 50.6 Å². The number of hydrogen-bond acceptors (Lipinski definition) is 5. The van der Waals surface area contributed by atoms with Gasteiger partial charge in [0.2, 0.25) is 5.95 Å². The summed E-state index contributed by atoms with van der Waals surface area (Å²) >= 11 is 0. The van der Waals surface area contributed by atoms with E-state index in [-0.39, 0.29) is 0 Å². The molecule has 1 aliphatic rings. The van der Waals surface area contributed by atoms with Crippen molar-refractivity contribution in [3.63, 3.8) is 0 Å². The van der Waals surface area contributed by atoms with Crippen molar-refractivity contribution in [3.8, 4) is 22.4 Å². The first-order valence-electron chi connectivity index (χ1n) is 12.6. The van der Waals surface area contributed by atoms with Crippen LogP contribution >= 0.6 is 0 Å². The molecule has 0 radical (unpaired) electrons. The lowest BCUT2D eigenvalue weighted by Gasteiger charge is -2.36. The van der Waals surface area contributed by atoms with Gasteiger partial charge < -0.3 is 14.4 Å². The van der Waals surface area contributed by atoms with E-state index < -0.39 is 0 Å². The van der Waals surface area contributed by atoms with Gasteiger partial charge in [-0.1, -0.05) is 30.3 Å². The predicted octanol–water partition coefficient (Wildman–Crippen LogP) is 5.34. The van der Waals surface area contributed by atoms with Crippen molar-refractivity contribution in [2.45, 2.75) is 25.8 Å². The maximum Gasteiger partial charge on any atom is 0.211 e. The van der Waals surface area contributed by atoms with Crippen LogP contribution < -0.4 is 4.90 Å². The smallest absolute Gasteiger partial charge is 0.211 e. The molecule has 0 bridgehead atoms. The molecule has 0 N–H and O–H groups in total. The molecule has 3 aromatic heterocycles. The molecule has 1 saturated heterocycles. The van der Waals surface area contributed by atoms with Gasteiger partial charge in [0.1, 0.15) is 11.5 Å². The Morgan fingerprint density at radius 3 is 2.43 bits per heavy atom. The Balaban J connectivity index is 1.56. The van der Waals surface area contributed by atoms with Crippen LogP contribution in [0.4, 0.5) is 11.6 Å². The molecule has 6 rings (SSSR count). The topological polar surface area (TPSA) is 58.9 Å². The van der Waals surface area contributed by atoms with Crippen LogP contribution in [0.3, 0.4) is 0 Å². The SMILES string of the molecule is [C-]#[N+]c1ccc(-c2nc(N3CCC(N(C)C)CC3)n3ccnc3c2-c2ccc3c(c2)nc(C)n3C)cc1. The average Bonchev–Trinajstić information content (AvgIpc) is 3.52. The van der Waals surface area contributed by atoms with Crippen molar-refractivity contribution >= 4 is 28.3 Å². The Morgan fingerprint density at radius 1 is 1.00 bits per heavy atom. The van der Waals surface area contributed by atoms with Crippen molar-refractivity contribution in [3.05, 3.63) is 72.1 Å². The van der Waals surface area contributed by atoms with Gasteiger partial charge in [0.15, 0.2) is 5.69 Å². The summed E-state index contributed by atoms with van der Waals surface area (Å²) in [4.78, 5) is 23.2. The molecule has 0 aliphatic carbocycles. The third-order valence-corrected chi connectivity index (χ3v) is 7.67. The minimum Gasteiger partial charge on any atom is -0.342 e. The third kappa shape index (κ3) is 3.92. The normalized spacial score (nSPS) is 14.6. The molecule has 2 aromatic carbocycles. The van der Waals surface area contributed by atoms with E-state index in [1.165, 1.54) is 0 Å². The molecule has 8 nitrogen and oxygen atoms in total. The monoisotopic (exact) mass is 490 g/mol. The number of rotatable bonds is 4. The van der Waals surface area contributed by atoms with Gasteiger partial charge in [-0.3, -0.25) is 4.40 Å². The van der Waals surface area contributed by atoms with E-state index >= 15 is 0 Å². The largest absolute Gasteiger partial charge is 0.342 e. The Morgan fingerprint density at radius 2 is 1.73 bits per heavy atom. The van der Waals surface area contributed by atoms with E-state index in [2.05, 4.69) is 55.9 Å². The maximum atomic E-state index is 7.37. The minimum atomic E-state index is 0.586. The van der Waals surface area contributed by atoms with E-state index in [9.17, 15) is 0 Å². The predicted molar refractivity (Wildman–Crippen MR) is 148 cm³/mol. The molecule has 4 heterocycles. The number of nitrogens with zero attached hydrogens (tertiary/aromatic N) is 8. The summed E-state index contributed by atoms with van der Waals surface area (Å²) in [6, 6.07) is 14.7. The van der Waals surface area contributed by atoms with Crippen molar-refractivity contribution in [1.29, 1.82) is 0 Å². The zero-order valence-corrected chi connectivity index (χ0v) is 21.7. The average molecular weight is 491 g/mol. The highest BCUT2D eigenvalue weighted by Crippen LogP contribution is 2.38. The molecular weight excluding hydrogens is 460 g/mol. The van der Waals surface area contributed by atoms with Crippen LogP contribution in [0.2, 0.25) is 0 Å². The number of aryl methyl sites for hydroxylation is 2. The standard InChI is InChI=1S/C29H30N8/c1-19-32-24-18-21(8-11-25(24)35(19)5)26-27(20-6-9-22(30-2)10-7-20)33-29(37-17-14-31-28(26)37)36-15-12-23(13-16-36)34(3)4/h6-11,14,17-18,23H,12-13,15-16H2,1,3-5H3. The summed E-state index contributed by atoms with van der Waals surface area (Å²) in [7, 11) is 6.36. The molecule has 0 saturated carbocycles. The number of benzene rings is 2. The molecule has 8 heteroatoms. The number of piperidine rings is 1. The highest BCUT2D eigenvalue weighted by molar-refractivity contribution is 5.94. The second kappa shape index (κ2) is 9.02. The number of imidazole rings is 2. The Hall–Kier alpha value is -4.22. The second-order valence-electron chi connectivity index (χ2n) is 10.0. The maximum absolute atomic E-state index is 7.37. The fraction of sp³-hybridized carbons (Fsp3) is 0.310. The summed E-state index contributed by atoms with van der Waals surface area (Å²) in [6.45, 7) is 11.3. The van der Waals surface area contributed by atoms with Crippen molar-refractivity contribution in [1.82, 2.24) is 28.8 Å². The van der Waals surface area contributed by atoms with Crippen LogP contribution in [-0.2, 0) is 7.05 Å². The lowest BCUT2D eigenvalue weighted by atomic mass is 9.99. The number of aromatic nitrogens is 5. The van der Waals surface area contributed by atoms with E-state index in [0.29, 0.717) is 11.7 Å². The zero-order valence-electron chi connectivity index (χ0n) is 21.7. The van der Waals surface area contributed by atoms with Gasteiger partial charge in [-0.2, -0.15) is 0 Å². The Kier molecular flexibility index (Phi) is 5.65. The molecule has 37 heavy (non-hydrogen) atoms. The summed E-state index contributed by atoms with van der Waals surface area (Å²) in [5.74, 6) is 1.88. The quantitative estimate of drug-likeness (QED) is 0.318. The van der Waals surface area contributed by atoms with Gasteiger partial charge in [0, 0.05) is 38.6 Å². The number of anilines is 1. The van der Waals surface area contributed by atoms with Crippen molar-refractivity contribution < 1.29 is 0 Å². The molecule has 1 fully saturated rings. The van der Waals surface area contributed by atoms with Gasteiger partial charge in [-0.25, -0.2) is 19.8 Å². The van der Waals surface area contributed by atoms with Gasteiger partial charge in [0.05, 0.1) is 28.9 Å². The fourth-order valence-corrected chi connectivity index (χ4v) is 5.42. The lowest BCUT2D eigenvalue weighted by molar-refractivity contribution is 0.249. The summed E-state index contributed by atoms with van der Waals surface area (Å²) in [5.41, 5.74) is 7.36. The van der Waals surface area contributed by atoms with Gasteiger partial charge in [-0.05, 0) is 57.1 Å². The van der Waals surface area contributed by atoms with Gasteiger partial charge in [-0.15, -0.1) is 0 Å². The lowest BCUT2D eigenvalue weighted by Crippen LogP contribution is -2.43. The fourth-order valence-electron chi connectivity index (χ4n) is 5.42.